The molecular formula is C15H16N2O3. The van der Waals surface area contributed by atoms with Gasteiger partial charge in [0.2, 0.25) is 0 Å². The van der Waals surface area contributed by atoms with Crippen LogP contribution in [0.15, 0.2) is 48.5 Å². The molecule has 0 saturated heterocycles. The zero-order valence-corrected chi connectivity index (χ0v) is 11.3. The third-order valence-corrected chi connectivity index (χ3v) is 2.71. The van der Waals surface area contributed by atoms with Gasteiger partial charge in [0.15, 0.2) is 0 Å². The van der Waals surface area contributed by atoms with E-state index in [0.29, 0.717) is 11.3 Å². The van der Waals surface area contributed by atoms with Gasteiger partial charge in [-0.2, -0.15) is 0 Å². The maximum atomic E-state index is 12.0. The molecule has 0 saturated carbocycles. The van der Waals surface area contributed by atoms with Gasteiger partial charge in [-0.25, -0.2) is 0 Å². The number of nitrogens with one attached hydrogen (secondary N) is 2. The molecule has 5 nitrogen and oxygen atoms in total. The van der Waals surface area contributed by atoms with Crippen LogP contribution < -0.4 is 15.5 Å². The van der Waals surface area contributed by atoms with Crippen molar-refractivity contribution in [2.24, 2.45) is 0 Å². The first-order valence-electron chi connectivity index (χ1n) is 6.07. The summed E-state index contributed by atoms with van der Waals surface area (Å²) < 4.78 is 5.05. The van der Waals surface area contributed by atoms with E-state index in [-0.39, 0.29) is 5.91 Å². The first-order chi connectivity index (χ1) is 9.72. The molecule has 5 heteroatoms. The van der Waals surface area contributed by atoms with Gasteiger partial charge in [-0.1, -0.05) is 0 Å². The summed E-state index contributed by atoms with van der Waals surface area (Å²) in [6.45, 7) is 0. The lowest BCUT2D eigenvalue weighted by atomic mass is 10.2. The number of hydrogen-bond acceptors (Lipinski definition) is 4. The average molecular weight is 272 g/mol. The molecule has 0 aromatic heterocycles. The van der Waals surface area contributed by atoms with E-state index in [1.54, 1.807) is 50.6 Å². The minimum absolute atomic E-state index is 0.167. The number of hydrogen-bond donors (Lipinski definition) is 2. The maximum absolute atomic E-state index is 12.0. The number of anilines is 2. The Morgan fingerprint density at radius 1 is 0.900 bits per heavy atom. The number of carbonyl (C=O) groups excluding carboxylic acids is 1. The fourth-order valence-electron chi connectivity index (χ4n) is 1.69. The Morgan fingerprint density at radius 2 is 1.50 bits per heavy atom. The molecule has 2 rings (SSSR count). The van der Waals surface area contributed by atoms with Crippen LogP contribution in [0.3, 0.4) is 0 Å². The highest BCUT2D eigenvalue weighted by molar-refractivity contribution is 6.04. The number of rotatable bonds is 5. The van der Waals surface area contributed by atoms with E-state index in [2.05, 4.69) is 10.8 Å². The minimum atomic E-state index is -0.167. The molecule has 0 heterocycles. The Labute approximate surface area is 117 Å². The van der Waals surface area contributed by atoms with Crippen LogP contribution in [0.5, 0.6) is 5.75 Å². The van der Waals surface area contributed by atoms with Crippen LogP contribution in [0.1, 0.15) is 10.4 Å². The molecule has 0 spiro atoms. The van der Waals surface area contributed by atoms with Crippen LogP contribution in [0.4, 0.5) is 11.4 Å². The molecule has 0 unspecified atom stereocenters. The fraction of sp³-hybridized carbons (Fsp3) is 0.133. The summed E-state index contributed by atoms with van der Waals surface area (Å²) in [5, 5.41) is 2.82. The lowest BCUT2D eigenvalue weighted by molar-refractivity contribution is 0.102. The zero-order chi connectivity index (χ0) is 14.4. The molecule has 0 radical (unpaired) electrons. The van der Waals surface area contributed by atoms with Crippen LogP contribution in [-0.2, 0) is 4.84 Å². The standard InChI is InChI=1S/C15H16N2O3/c1-19-14-9-3-11(4-10-14)15(18)16-12-5-7-13(8-6-12)17-20-2/h3-10,17H,1-2H3,(H,16,18). The molecule has 2 N–H and O–H groups in total. The van der Waals surface area contributed by atoms with E-state index < -0.39 is 0 Å². The van der Waals surface area contributed by atoms with Crippen molar-refractivity contribution in [1.82, 2.24) is 0 Å². The molecule has 0 aliphatic heterocycles. The Morgan fingerprint density at radius 3 is 2.05 bits per heavy atom. The third kappa shape index (κ3) is 3.49. The van der Waals surface area contributed by atoms with Crippen LogP contribution in [0.2, 0.25) is 0 Å². The second-order valence-corrected chi connectivity index (χ2v) is 4.07. The summed E-state index contributed by atoms with van der Waals surface area (Å²) >= 11 is 0. The van der Waals surface area contributed by atoms with Crippen molar-refractivity contribution in [1.29, 1.82) is 0 Å². The van der Waals surface area contributed by atoms with Crippen LogP contribution >= 0.6 is 0 Å². The molecule has 0 bridgehead atoms. The Kier molecular flexibility index (Phi) is 4.57. The van der Waals surface area contributed by atoms with Gasteiger partial charge in [0, 0.05) is 11.3 Å². The van der Waals surface area contributed by atoms with Gasteiger partial charge >= 0.3 is 0 Å². The average Bonchev–Trinajstić information content (AvgIpc) is 2.49. The van der Waals surface area contributed by atoms with Gasteiger partial charge in [0.1, 0.15) is 5.75 Å². The van der Waals surface area contributed by atoms with Gasteiger partial charge in [-0.15, -0.1) is 0 Å². The van der Waals surface area contributed by atoms with Gasteiger partial charge in [-0.3, -0.25) is 15.1 Å². The third-order valence-electron chi connectivity index (χ3n) is 2.71. The Hall–Kier alpha value is -2.53. The molecule has 104 valence electrons. The van der Waals surface area contributed by atoms with Gasteiger partial charge < -0.3 is 10.1 Å². The Balaban J connectivity index is 2.02. The van der Waals surface area contributed by atoms with Crippen LogP contribution in [0.25, 0.3) is 0 Å². The molecule has 2 aromatic rings. The van der Waals surface area contributed by atoms with Crippen molar-refractivity contribution >= 4 is 17.3 Å². The highest BCUT2D eigenvalue weighted by Gasteiger charge is 2.06. The van der Waals surface area contributed by atoms with E-state index >= 15 is 0 Å². The van der Waals surface area contributed by atoms with Crippen molar-refractivity contribution in [3.63, 3.8) is 0 Å². The van der Waals surface area contributed by atoms with Gasteiger partial charge in [0.05, 0.1) is 19.9 Å². The Bertz CT molecular complexity index is 565. The van der Waals surface area contributed by atoms with E-state index in [1.807, 2.05) is 12.1 Å². The van der Waals surface area contributed by atoms with Crippen LogP contribution in [0, 0.1) is 0 Å². The number of methoxy groups -OCH3 is 1. The van der Waals surface area contributed by atoms with E-state index in [0.717, 1.165) is 11.4 Å². The van der Waals surface area contributed by atoms with E-state index in [4.69, 9.17) is 9.57 Å². The topological polar surface area (TPSA) is 59.6 Å². The van der Waals surface area contributed by atoms with Crippen molar-refractivity contribution in [2.45, 2.75) is 0 Å². The van der Waals surface area contributed by atoms with Gasteiger partial charge in [-0.05, 0) is 48.5 Å². The highest BCUT2D eigenvalue weighted by atomic mass is 16.6. The summed E-state index contributed by atoms with van der Waals surface area (Å²) in [5.41, 5.74) is 4.81. The number of amides is 1. The highest BCUT2D eigenvalue weighted by Crippen LogP contribution is 2.16. The van der Waals surface area contributed by atoms with E-state index in [9.17, 15) is 4.79 Å². The second kappa shape index (κ2) is 6.58. The largest absolute Gasteiger partial charge is 0.497 e. The SMILES string of the molecule is CONc1ccc(NC(=O)c2ccc(OC)cc2)cc1. The molecule has 0 fully saturated rings. The van der Waals surface area contributed by atoms with Gasteiger partial charge in [0.25, 0.3) is 5.91 Å². The van der Waals surface area contributed by atoms with E-state index in [1.165, 1.54) is 0 Å². The first-order valence-corrected chi connectivity index (χ1v) is 6.07. The molecule has 2 aromatic carbocycles. The normalized spacial score (nSPS) is 9.90. The summed E-state index contributed by atoms with van der Waals surface area (Å²) in [6, 6.07) is 14.1. The molecule has 0 aliphatic rings. The zero-order valence-electron chi connectivity index (χ0n) is 11.3. The van der Waals surface area contributed by atoms with Crippen molar-refractivity contribution in [3.05, 3.63) is 54.1 Å². The predicted octanol–water partition coefficient (Wildman–Crippen LogP) is 2.92. The molecule has 1 amide bonds. The fourth-order valence-corrected chi connectivity index (χ4v) is 1.69. The molecule has 20 heavy (non-hydrogen) atoms. The van der Waals surface area contributed by atoms with Crippen molar-refractivity contribution < 1.29 is 14.4 Å². The quantitative estimate of drug-likeness (QED) is 0.822. The summed E-state index contributed by atoms with van der Waals surface area (Å²) in [5.74, 6) is 0.552. The molecule has 0 aliphatic carbocycles. The lowest BCUT2D eigenvalue weighted by Gasteiger charge is -2.07. The second-order valence-electron chi connectivity index (χ2n) is 4.07. The smallest absolute Gasteiger partial charge is 0.255 e. The van der Waals surface area contributed by atoms with Crippen molar-refractivity contribution in [2.75, 3.05) is 25.0 Å². The molecular weight excluding hydrogens is 256 g/mol. The predicted molar refractivity (Wildman–Crippen MR) is 78.0 cm³/mol. The number of carbonyl (C=O) groups is 1. The number of benzene rings is 2. The molecule has 0 atom stereocenters. The van der Waals surface area contributed by atoms with Crippen molar-refractivity contribution in [3.8, 4) is 5.75 Å². The first kappa shape index (κ1) is 13.9. The van der Waals surface area contributed by atoms with Crippen LogP contribution in [-0.4, -0.2) is 20.1 Å². The summed E-state index contributed by atoms with van der Waals surface area (Å²) in [6.07, 6.45) is 0. The number of ether oxygens (including phenoxy) is 1. The summed E-state index contributed by atoms with van der Waals surface area (Å²) in [4.78, 5) is 16.8. The summed E-state index contributed by atoms with van der Waals surface area (Å²) in [7, 11) is 3.13. The lowest BCUT2D eigenvalue weighted by Crippen LogP contribution is -2.11. The minimum Gasteiger partial charge on any atom is -0.497 e. The maximum Gasteiger partial charge on any atom is 0.255 e. The monoisotopic (exact) mass is 272 g/mol.